The number of benzene rings is 3. The molecular weight excluding hydrogens is 508 g/mol. The van der Waals surface area contributed by atoms with Crippen LogP contribution in [0.2, 0.25) is 5.02 Å². The first-order chi connectivity index (χ1) is 18.3. The van der Waals surface area contributed by atoms with Crippen LogP contribution in [0, 0.1) is 0 Å². The fourth-order valence-corrected chi connectivity index (χ4v) is 5.03. The number of nitrogens with zero attached hydrogens (tertiary/aromatic N) is 2. The maximum Gasteiger partial charge on any atom is 0.290 e. The van der Waals surface area contributed by atoms with Crippen LogP contribution < -0.4 is 14.4 Å². The van der Waals surface area contributed by atoms with E-state index >= 15 is 0 Å². The number of hydrogen-bond donors (Lipinski definition) is 1. The highest BCUT2D eigenvalue weighted by Gasteiger charge is 2.44. The minimum Gasteiger partial charge on any atom is -0.503 e. The van der Waals surface area contributed by atoms with E-state index < -0.39 is 23.5 Å². The topological polar surface area (TPSA) is 92.5 Å². The van der Waals surface area contributed by atoms with Crippen molar-refractivity contribution in [2.24, 2.45) is 0 Å². The SMILES string of the molecule is CN(C)c1ccc(C2C(C(=O)c3cc4cc(Cl)ccc4o3)=C(O)C(=O)N2Cc2ccc3c(c2)OCO3)cc1. The number of aliphatic hydroxyl groups is 1. The molecule has 0 aliphatic carbocycles. The fraction of sp³-hybridized carbons (Fsp3) is 0.172. The molecule has 1 N–H and O–H groups in total. The molecule has 1 unspecified atom stereocenters. The molecule has 6 rings (SSSR count). The van der Waals surface area contributed by atoms with Gasteiger partial charge in [0.05, 0.1) is 11.6 Å². The summed E-state index contributed by atoms with van der Waals surface area (Å²) in [7, 11) is 3.85. The number of amides is 1. The molecule has 0 saturated heterocycles. The summed E-state index contributed by atoms with van der Waals surface area (Å²) in [6.45, 7) is 0.262. The summed E-state index contributed by atoms with van der Waals surface area (Å²) in [5.41, 5.74) is 2.83. The molecule has 0 spiro atoms. The highest BCUT2D eigenvalue weighted by molar-refractivity contribution is 6.31. The Morgan fingerprint density at radius 1 is 1.03 bits per heavy atom. The maximum absolute atomic E-state index is 13.8. The molecule has 1 aromatic heterocycles. The van der Waals surface area contributed by atoms with E-state index in [2.05, 4.69) is 0 Å². The van der Waals surface area contributed by atoms with Crippen LogP contribution in [0.3, 0.4) is 0 Å². The number of carbonyl (C=O) groups excluding carboxylic acids is 2. The second-order valence-electron chi connectivity index (χ2n) is 9.39. The van der Waals surface area contributed by atoms with Crippen LogP contribution in [0.1, 0.15) is 27.7 Å². The summed E-state index contributed by atoms with van der Waals surface area (Å²) in [6, 6.07) is 18.7. The number of Topliss-reactive ketones (excluding diaryl/α,β-unsaturated/α-hetero) is 1. The number of ketones is 1. The third-order valence-electron chi connectivity index (χ3n) is 6.77. The standard InChI is InChI=1S/C29H23ClN2O6/c1-31(2)20-7-4-17(5-8-20)26-25(27(33)24-13-18-12-19(30)6-10-21(18)38-24)28(34)29(35)32(26)14-16-3-9-22-23(11-16)37-15-36-22/h3-13,26,34H,14-15H2,1-2H3. The van der Waals surface area contributed by atoms with E-state index in [1.807, 2.05) is 49.3 Å². The molecule has 1 amide bonds. The molecule has 2 aliphatic heterocycles. The van der Waals surface area contributed by atoms with Crippen molar-refractivity contribution in [3.8, 4) is 11.5 Å². The molecule has 1 atom stereocenters. The van der Waals surface area contributed by atoms with Crippen molar-refractivity contribution in [1.82, 2.24) is 4.90 Å². The van der Waals surface area contributed by atoms with Crippen LogP contribution in [0.4, 0.5) is 5.69 Å². The van der Waals surface area contributed by atoms with E-state index in [1.54, 1.807) is 36.4 Å². The molecule has 3 aromatic carbocycles. The number of anilines is 1. The lowest BCUT2D eigenvalue weighted by atomic mass is 9.94. The van der Waals surface area contributed by atoms with Gasteiger partial charge in [-0.05, 0) is 59.7 Å². The molecule has 0 bridgehead atoms. The van der Waals surface area contributed by atoms with Crippen LogP contribution in [0.25, 0.3) is 11.0 Å². The number of carbonyl (C=O) groups is 2. The molecule has 192 valence electrons. The predicted octanol–water partition coefficient (Wildman–Crippen LogP) is 5.66. The zero-order valence-corrected chi connectivity index (χ0v) is 21.4. The number of aliphatic hydroxyl groups excluding tert-OH is 1. The van der Waals surface area contributed by atoms with Gasteiger partial charge in [0.15, 0.2) is 23.0 Å². The minimum atomic E-state index is -0.839. The molecule has 0 fully saturated rings. The quantitative estimate of drug-likeness (QED) is 0.321. The Morgan fingerprint density at radius 2 is 1.79 bits per heavy atom. The predicted molar refractivity (Wildman–Crippen MR) is 142 cm³/mol. The molecule has 2 aliphatic rings. The number of rotatable bonds is 6. The molecule has 3 heterocycles. The molecule has 0 saturated carbocycles. The van der Waals surface area contributed by atoms with E-state index in [0.29, 0.717) is 33.1 Å². The van der Waals surface area contributed by atoms with Crippen molar-refractivity contribution in [3.05, 3.63) is 100.0 Å². The van der Waals surface area contributed by atoms with Crippen molar-refractivity contribution in [2.45, 2.75) is 12.6 Å². The first-order valence-corrected chi connectivity index (χ1v) is 12.3. The largest absolute Gasteiger partial charge is 0.503 e. The van der Waals surface area contributed by atoms with E-state index in [1.165, 1.54) is 4.90 Å². The zero-order chi connectivity index (χ0) is 26.6. The number of ether oxygens (including phenoxy) is 2. The Labute approximate surface area is 223 Å². The van der Waals surface area contributed by atoms with Crippen molar-refractivity contribution in [1.29, 1.82) is 0 Å². The average molecular weight is 531 g/mol. The summed E-state index contributed by atoms with van der Waals surface area (Å²) >= 11 is 6.10. The number of halogens is 1. The Bertz CT molecular complexity index is 1620. The van der Waals surface area contributed by atoms with Gasteiger partial charge in [0.1, 0.15) is 5.58 Å². The summed E-state index contributed by atoms with van der Waals surface area (Å²) in [5.74, 6) is -0.605. The minimum absolute atomic E-state index is 0.0106. The summed E-state index contributed by atoms with van der Waals surface area (Å²) in [4.78, 5) is 30.6. The Morgan fingerprint density at radius 3 is 2.55 bits per heavy atom. The van der Waals surface area contributed by atoms with E-state index in [4.69, 9.17) is 25.5 Å². The smallest absolute Gasteiger partial charge is 0.290 e. The van der Waals surface area contributed by atoms with Gasteiger partial charge in [-0.2, -0.15) is 0 Å². The molecule has 9 heteroatoms. The first kappa shape index (κ1) is 23.9. The third kappa shape index (κ3) is 4.03. The van der Waals surface area contributed by atoms with Gasteiger partial charge in [-0.1, -0.05) is 29.8 Å². The van der Waals surface area contributed by atoms with Crippen molar-refractivity contribution < 1.29 is 28.6 Å². The summed E-state index contributed by atoms with van der Waals surface area (Å²) < 4.78 is 16.7. The van der Waals surface area contributed by atoms with Gasteiger partial charge in [0.2, 0.25) is 12.6 Å². The molecular formula is C29H23ClN2O6. The van der Waals surface area contributed by atoms with Crippen LogP contribution >= 0.6 is 11.6 Å². The van der Waals surface area contributed by atoms with Gasteiger partial charge in [0, 0.05) is 36.7 Å². The van der Waals surface area contributed by atoms with E-state index in [9.17, 15) is 14.7 Å². The number of furan rings is 1. The highest BCUT2D eigenvalue weighted by Crippen LogP contribution is 2.42. The van der Waals surface area contributed by atoms with Crippen molar-refractivity contribution >= 4 is 39.9 Å². The van der Waals surface area contributed by atoms with Gasteiger partial charge in [0.25, 0.3) is 5.91 Å². The monoisotopic (exact) mass is 530 g/mol. The van der Waals surface area contributed by atoms with Gasteiger partial charge in [-0.3, -0.25) is 9.59 Å². The Kier molecular flexibility index (Phi) is 5.76. The summed E-state index contributed by atoms with van der Waals surface area (Å²) in [5, 5.41) is 12.2. The van der Waals surface area contributed by atoms with E-state index in [-0.39, 0.29) is 24.7 Å². The lowest BCUT2D eigenvalue weighted by Crippen LogP contribution is -2.30. The zero-order valence-electron chi connectivity index (χ0n) is 20.6. The number of fused-ring (bicyclic) bond motifs is 2. The van der Waals surface area contributed by atoms with Crippen molar-refractivity contribution in [2.75, 3.05) is 25.8 Å². The van der Waals surface area contributed by atoms with Crippen LogP contribution in [0.5, 0.6) is 11.5 Å². The van der Waals surface area contributed by atoms with Gasteiger partial charge in [-0.15, -0.1) is 0 Å². The normalized spacial score (nSPS) is 16.6. The van der Waals surface area contributed by atoms with Gasteiger partial charge in [-0.25, -0.2) is 0 Å². The lowest BCUT2D eigenvalue weighted by molar-refractivity contribution is -0.130. The van der Waals surface area contributed by atoms with E-state index in [0.717, 1.165) is 11.3 Å². The molecule has 8 nitrogen and oxygen atoms in total. The second kappa shape index (κ2) is 9.15. The van der Waals surface area contributed by atoms with Crippen LogP contribution in [0.15, 0.2) is 82.5 Å². The first-order valence-electron chi connectivity index (χ1n) is 11.9. The fourth-order valence-electron chi connectivity index (χ4n) is 4.84. The van der Waals surface area contributed by atoms with Gasteiger partial charge >= 0.3 is 0 Å². The maximum atomic E-state index is 13.8. The Hall–Kier alpha value is -4.43. The molecule has 0 radical (unpaired) electrons. The third-order valence-corrected chi connectivity index (χ3v) is 7.00. The Balaban J connectivity index is 1.42. The lowest BCUT2D eigenvalue weighted by Gasteiger charge is -2.27. The summed E-state index contributed by atoms with van der Waals surface area (Å²) in [6.07, 6.45) is 0. The van der Waals surface area contributed by atoms with Gasteiger partial charge < -0.3 is 28.8 Å². The van der Waals surface area contributed by atoms with Crippen LogP contribution in [-0.4, -0.2) is 42.6 Å². The van der Waals surface area contributed by atoms with Crippen LogP contribution in [-0.2, 0) is 11.3 Å². The highest BCUT2D eigenvalue weighted by atomic mass is 35.5. The van der Waals surface area contributed by atoms with Crippen molar-refractivity contribution in [3.63, 3.8) is 0 Å². The average Bonchev–Trinajstić information content (AvgIpc) is 3.61. The molecule has 4 aromatic rings. The molecule has 38 heavy (non-hydrogen) atoms. The second-order valence-corrected chi connectivity index (χ2v) is 9.83. The number of hydrogen-bond acceptors (Lipinski definition) is 7.